The summed E-state index contributed by atoms with van der Waals surface area (Å²) < 4.78 is 11.9. The van der Waals surface area contributed by atoms with E-state index in [1.807, 2.05) is 24.3 Å². The second-order valence-corrected chi connectivity index (χ2v) is 5.64. The van der Waals surface area contributed by atoms with Crippen LogP contribution in [0.2, 0.25) is 0 Å². The Labute approximate surface area is 129 Å². The molecular weight excluding hydrogens is 276 g/mol. The molecule has 1 aromatic heterocycles. The van der Waals surface area contributed by atoms with Crippen LogP contribution in [0.1, 0.15) is 18.4 Å². The van der Waals surface area contributed by atoms with Crippen LogP contribution < -0.4 is 10.1 Å². The van der Waals surface area contributed by atoms with Gasteiger partial charge in [-0.15, -0.1) is 0 Å². The minimum absolute atomic E-state index is 0.157. The Hall–Kier alpha value is -2.33. The highest BCUT2D eigenvalue weighted by atomic mass is 16.5. The van der Waals surface area contributed by atoms with E-state index in [1.54, 1.807) is 12.5 Å². The molecule has 3 aromatic rings. The first kappa shape index (κ1) is 13.3. The third-order valence-electron chi connectivity index (χ3n) is 4.22. The average molecular weight is 294 g/mol. The molecule has 0 unspecified atom stereocenters. The average Bonchev–Trinajstić information content (AvgIpc) is 3.26. The van der Waals surface area contributed by atoms with Gasteiger partial charge in [0.25, 0.3) is 0 Å². The van der Waals surface area contributed by atoms with Gasteiger partial charge >= 0.3 is 0 Å². The van der Waals surface area contributed by atoms with Gasteiger partial charge in [0, 0.05) is 17.8 Å². The van der Waals surface area contributed by atoms with Gasteiger partial charge in [0.15, 0.2) is 6.10 Å². The van der Waals surface area contributed by atoms with E-state index in [2.05, 4.69) is 28.5 Å². The molecule has 0 saturated carbocycles. The predicted molar refractivity (Wildman–Crippen MR) is 84.8 cm³/mol. The molecule has 2 heterocycles. The molecule has 1 saturated heterocycles. The van der Waals surface area contributed by atoms with Crippen LogP contribution in [0.4, 0.5) is 0 Å². The van der Waals surface area contributed by atoms with Gasteiger partial charge in [0.1, 0.15) is 12.0 Å². The van der Waals surface area contributed by atoms with E-state index in [0.29, 0.717) is 11.8 Å². The minimum atomic E-state index is -0.157. The van der Waals surface area contributed by atoms with Crippen LogP contribution in [0.3, 0.4) is 0 Å². The first-order valence-corrected chi connectivity index (χ1v) is 7.66. The molecular formula is C18H18N2O2. The predicted octanol–water partition coefficient (Wildman–Crippen LogP) is 3.56. The van der Waals surface area contributed by atoms with Crippen LogP contribution in [-0.4, -0.2) is 18.1 Å². The van der Waals surface area contributed by atoms with E-state index < -0.39 is 0 Å². The maximum Gasteiger partial charge on any atom is 0.235 e. The number of rotatable bonds is 4. The summed E-state index contributed by atoms with van der Waals surface area (Å²) in [7, 11) is 0. The van der Waals surface area contributed by atoms with Crippen molar-refractivity contribution < 1.29 is 9.15 Å². The second kappa shape index (κ2) is 5.81. The third kappa shape index (κ3) is 2.46. The van der Waals surface area contributed by atoms with Crippen LogP contribution in [-0.2, 0) is 0 Å². The Morgan fingerprint density at radius 2 is 2.09 bits per heavy atom. The minimum Gasteiger partial charge on any atom is -0.480 e. The first-order chi connectivity index (χ1) is 10.9. The molecule has 112 valence electrons. The van der Waals surface area contributed by atoms with E-state index in [-0.39, 0.29) is 6.10 Å². The summed E-state index contributed by atoms with van der Waals surface area (Å²) in [6.07, 6.45) is 4.20. The van der Waals surface area contributed by atoms with Gasteiger partial charge in [-0.2, -0.15) is 0 Å². The van der Waals surface area contributed by atoms with Gasteiger partial charge in [-0.3, -0.25) is 0 Å². The Bertz CT molecular complexity index is 743. The highest BCUT2D eigenvalue weighted by Crippen LogP contribution is 2.34. The van der Waals surface area contributed by atoms with Crippen molar-refractivity contribution >= 4 is 10.8 Å². The molecule has 2 atom stereocenters. The number of benzene rings is 2. The lowest BCUT2D eigenvalue weighted by molar-refractivity contribution is 0.116. The third-order valence-corrected chi connectivity index (χ3v) is 4.22. The summed E-state index contributed by atoms with van der Waals surface area (Å²) in [5.41, 5.74) is 0. The molecule has 4 nitrogen and oxygen atoms in total. The van der Waals surface area contributed by atoms with Gasteiger partial charge in [0.05, 0.1) is 6.20 Å². The molecule has 0 spiro atoms. The van der Waals surface area contributed by atoms with E-state index in [4.69, 9.17) is 9.15 Å². The summed E-state index contributed by atoms with van der Waals surface area (Å²) in [6, 6.07) is 14.4. The topological polar surface area (TPSA) is 47.3 Å². The van der Waals surface area contributed by atoms with Crippen molar-refractivity contribution in [3.05, 3.63) is 60.8 Å². The fraction of sp³-hybridized carbons (Fsp3) is 0.278. The number of ether oxygens (including phenoxy) is 1. The Morgan fingerprint density at radius 1 is 1.18 bits per heavy atom. The van der Waals surface area contributed by atoms with Crippen LogP contribution >= 0.6 is 0 Å². The summed E-state index contributed by atoms with van der Waals surface area (Å²) in [4.78, 5) is 4.32. The standard InChI is InChI=1S/C18H18N2O2/c1-2-6-15-13(4-1)5-3-7-16(15)22-17(14-8-9-19-12-14)18-20-10-11-21-18/h1-7,10-11,14,17,19H,8-9,12H2/t14-,17+/m1/s1. The van der Waals surface area contributed by atoms with Crippen molar-refractivity contribution in [1.82, 2.24) is 10.3 Å². The zero-order valence-corrected chi connectivity index (χ0v) is 12.2. The van der Waals surface area contributed by atoms with Gasteiger partial charge in [-0.25, -0.2) is 4.98 Å². The quantitative estimate of drug-likeness (QED) is 0.799. The van der Waals surface area contributed by atoms with Crippen LogP contribution in [0, 0.1) is 5.92 Å². The fourth-order valence-corrected chi connectivity index (χ4v) is 3.09. The van der Waals surface area contributed by atoms with Gasteiger partial charge in [0.2, 0.25) is 5.89 Å². The van der Waals surface area contributed by atoms with E-state index >= 15 is 0 Å². The summed E-state index contributed by atoms with van der Waals surface area (Å²) in [5.74, 6) is 1.91. The van der Waals surface area contributed by atoms with E-state index in [0.717, 1.165) is 30.6 Å². The lowest BCUT2D eigenvalue weighted by Gasteiger charge is -2.22. The highest BCUT2D eigenvalue weighted by molar-refractivity contribution is 5.88. The van der Waals surface area contributed by atoms with Crippen molar-refractivity contribution in [2.75, 3.05) is 13.1 Å². The Balaban J connectivity index is 1.71. The molecule has 1 aliphatic rings. The molecule has 0 bridgehead atoms. The summed E-state index contributed by atoms with van der Waals surface area (Å²) in [5, 5.41) is 5.68. The Kier molecular flexibility index (Phi) is 3.52. The molecule has 2 aromatic carbocycles. The van der Waals surface area contributed by atoms with Crippen LogP contribution in [0.15, 0.2) is 59.3 Å². The van der Waals surface area contributed by atoms with Crippen molar-refractivity contribution in [3.63, 3.8) is 0 Å². The normalized spacial score (nSPS) is 19.4. The molecule has 0 aliphatic carbocycles. The monoisotopic (exact) mass is 294 g/mol. The molecule has 0 amide bonds. The zero-order valence-electron chi connectivity index (χ0n) is 12.2. The lowest BCUT2D eigenvalue weighted by atomic mass is 10.0. The lowest BCUT2D eigenvalue weighted by Crippen LogP contribution is -2.21. The Morgan fingerprint density at radius 3 is 2.91 bits per heavy atom. The van der Waals surface area contributed by atoms with Crippen LogP contribution in [0.25, 0.3) is 10.8 Å². The maximum atomic E-state index is 6.36. The summed E-state index contributed by atoms with van der Waals surface area (Å²) in [6.45, 7) is 1.94. The van der Waals surface area contributed by atoms with E-state index in [1.165, 1.54) is 5.39 Å². The van der Waals surface area contributed by atoms with E-state index in [9.17, 15) is 0 Å². The van der Waals surface area contributed by atoms with Gasteiger partial charge in [-0.1, -0.05) is 36.4 Å². The van der Waals surface area contributed by atoms with Gasteiger partial charge in [-0.05, 0) is 24.4 Å². The number of fused-ring (bicyclic) bond motifs is 1. The van der Waals surface area contributed by atoms with Crippen molar-refractivity contribution in [2.24, 2.45) is 5.92 Å². The largest absolute Gasteiger partial charge is 0.480 e. The molecule has 1 N–H and O–H groups in total. The van der Waals surface area contributed by atoms with Crippen molar-refractivity contribution in [1.29, 1.82) is 0 Å². The second-order valence-electron chi connectivity index (χ2n) is 5.64. The molecule has 4 rings (SSSR count). The van der Waals surface area contributed by atoms with Crippen molar-refractivity contribution in [3.8, 4) is 5.75 Å². The highest BCUT2D eigenvalue weighted by Gasteiger charge is 2.31. The summed E-state index contributed by atoms with van der Waals surface area (Å²) >= 11 is 0. The van der Waals surface area contributed by atoms with Gasteiger partial charge < -0.3 is 14.5 Å². The number of nitrogens with zero attached hydrogens (tertiary/aromatic N) is 1. The van der Waals surface area contributed by atoms with Crippen LogP contribution in [0.5, 0.6) is 5.75 Å². The zero-order chi connectivity index (χ0) is 14.8. The number of aromatic nitrogens is 1. The van der Waals surface area contributed by atoms with Crippen molar-refractivity contribution in [2.45, 2.75) is 12.5 Å². The maximum absolute atomic E-state index is 6.36. The number of oxazole rings is 1. The molecule has 0 radical (unpaired) electrons. The number of nitrogens with one attached hydrogen (secondary N) is 1. The first-order valence-electron chi connectivity index (χ1n) is 7.66. The molecule has 1 aliphatic heterocycles. The smallest absolute Gasteiger partial charge is 0.235 e. The number of hydrogen-bond donors (Lipinski definition) is 1. The fourth-order valence-electron chi connectivity index (χ4n) is 3.09. The molecule has 1 fully saturated rings. The SMILES string of the molecule is c1ccc2c(O[C@H](c3ncco3)[C@@H]3CCNC3)cccc2c1. The molecule has 4 heteroatoms. The molecule has 22 heavy (non-hydrogen) atoms. The number of hydrogen-bond acceptors (Lipinski definition) is 4.